The van der Waals surface area contributed by atoms with Crippen LogP contribution in [0.3, 0.4) is 0 Å². The summed E-state index contributed by atoms with van der Waals surface area (Å²) in [4.78, 5) is 7.93. The van der Waals surface area contributed by atoms with Crippen molar-refractivity contribution in [3.63, 3.8) is 0 Å². The Labute approximate surface area is 72.1 Å². The molecule has 12 heavy (non-hydrogen) atoms. The molecule has 0 fully saturated rings. The Hall–Kier alpha value is -1.43. The van der Waals surface area contributed by atoms with Gasteiger partial charge in [0, 0.05) is 17.5 Å². The molecule has 62 valence electrons. The van der Waals surface area contributed by atoms with E-state index in [-0.39, 0.29) is 0 Å². The number of aryl methyl sites for hydroxylation is 1. The highest BCUT2D eigenvalue weighted by atomic mass is 14.8. The Bertz CT molecular complexity index is 323. The molecule has 0 aliphatic heterocycles. The molecule has 0 saturated carbocycles. The molecule has 1 aromatic heterocycles. The van der Waals surface area contributed by atoms with Crippen molar-refractivity contribution in [2.24, 2.45) is 0 Å². The van der Waals surface area contributed by atoms with Crippen LogP contribution in [0.1, 0.15) is 25.1 Å². The number of hydrogen-bond acceptors (Lipinski definition) is 3. The van der Waals surface area contributed by atoms with E-state index in [1.165, 1.54) is 6.33 Å². The van der Waals surface area contributed by atoms with E-state index in [0.717, 1.165) is 11.3 Å². The van der Waals surface area contributed by atoms with E-state index in [4.69, 9.17) is 5.26 Å². The van der Waals surface area contributed by atoms with Gasteiger partial charge in [-0.2, -0.15) is 5.26 Å². The van der Waals surface area contributed by atoms with Crippen molar-refractivity contribution >= 4 is 0 Å². The van der Waals surface area contributed by atoms with Gasteiger partial charge in [-0.05, 0) is 20.8 Å². The quantitative estimate of drug-likeness (QED) is 0.628. The Kier molecular flexibility index (Phi) is 2.09. The number of aromatic nitrogens is 2. The first-order chi connectivity index (χ1) is 5.58. The van der Waals surface area contributed by atoms with Crippen LogP contribution in [0.15, 0.2) is 12.5 Å². The lowest BCUT2D eigenvalue weighted by Gasteiger charge is -2.16. The van der Waals surface area contributed by atoms with Gasteiger partial charge in [0.25, 0.3) is 0 Å². The number of nitrogens with zero attached hydrogens (tertiary/aromatic N) is 3. The Morgan fingerprint density at radius 2 is 2.17 bits per heavy atom. The molecule has 0 amide bonds. The predicted octanol–water partition coefficient (Wildman–Crippen LogP) is 1.59. The molecule has 0 unspecified atom stereocenters. The summed E-state index contributed by atoms with van der Waals surface area (Å²) in [5.41, 5.74) is 1.27. The van der Waals surface area contributed by atoms with Crippen LogP contribution in [-0.2, 0) is 5.41 Å². The first kappa shape index (κ1) is 8.66. The number of hydrogen-bond donors (Lipinski definition) is 0. The fourth-order valence-corrected chi connectivity index (χ4v) is 1.06. The van der Waals surface area contributed by atoms with Gasteiger partial charge in [0.1, 0.15) is 6.33 Å². The van der Waals surface area contributed by atoms with Crippen molar-refractivity contribution in [2.75, 3.05) is 0 Å². The number of nitriles is 1. The van der Waals surface area contributed by atoms with E-state index in [1.807, 2.05) is 20.8 Å². The first-order valence-corrected chi connectivity index (χ1v) is 3.76. The van der Waals surface area contributed by atoms with Crippen LogP contribution < -0.4 is 0 Å². The van der Waals surface area contributed by atoms with E-state index in [9.17, 15) is 0 Å². The van der Waals surface area contributed by atoms with E-state index >= 15 is 0 Å². The van der Waals surface area contributed by atoms with Crippen LogP contribution in [0.5, 0.6) is 0 Å². The molecule has 3 heteroatoms. The molecule has 0 aromatic carbocycles. The highest BCUT2D eigenvalue weighted by Crippen LogP contribution is 2.22. The summed E-state index contributed by atoms with van der Waals surface area (Å²) in [7, 11) is 0. The maximum Gasteiger partial charge on any atom is 0.115 e. The van der Waals surface area contributed by atoms with Crippen LogP contribution >= 0.6 is 0 Å². The van der Waals surface area contributed by atoms with E-state index in [2.05, 4.69) is 16.0 Å². The van der Waals surface area contributed by atoms with Gasteiger partial charge in [0.05, 0.1) is 11.5 Å². The van der Waals surface area contributed by atoms with Crippen molar-refractivity contribution < 1.29 is 0 Å². The molecule has 0 spiro atoms. The highest BCUT2D eigenvalue weighted by Gasteiger charge is 2.22. The molecule has 0 aliphatic rings. The summed E-state index contributed by atoms with van der Waals surface area (Å²) in [5, 5.41) is 8.87. The fourth-order valence-electron chi connectivity index (χ4n) is 1.06. The molecule has 0 aliphatic carbocycles. The lowest BCUT2D eigenvalue weighted by Crippen LogP contribution is -2.16. The van der Waals surface area contributed by atoms with Crippen LogP contribution in [0, 0.1) is 18.3 Å². The van der Waals surface area contributed by atoms with Crippen LogP contribution in [0.2, 0.25) is 0 Å². The average molecular weight is 161 g/mol. The Morgan fingerprint density at radius 1 is 1.50 bits per heavy atom. The van der Waals surface area contributed by atoms with E-state index < -0.39 is 5.41 Å². The van der Waals surface area contributed by atoms with Gasteiger partial charge in [0.15, 0.2) is 0 Å². The van der Waals surface area contributed by atoms with Crippen LogP contribution in [0.4, 0.5) is 0 Å². The standard InChI is InChI=1S/C9H11N3/c1-7-8(4-11-6-12-7)9(2,3)5-10/h4,6H,1-3H3. The molecule has 1 heterocycles. The summed E-state index contributed by atoms with van der Waals surface area (Å²) in [6.07, 6.45) is 3.19. The van der Waals surface area contributed by atoms with Crippen LogP contribution in [0.25, 0.3) is 0 Å². The molecule has 0 bridgehead atoms. The fraction of sp³-hybridized carbons (Fsp3) is 0.444. The van der Waals surface area contributed by atoms with Gasteiger partial charge in [-0.1, -0.05) is 0 Å². The molecule has 1 aromatic rings. The second kappa shape index (κ2) is 2.90. The van der Waals surface area contributed by atoms with Gasteiger partial charge >= 0.3 is 0 Å². The van der Waals surface area contributed by atoms with Crippen molar-refractivity contribution in [3.8, 4) is 6.07 Å². The summed E-state index contributed by atoms with van der Waals surface area (Å²) < 4.78 is 0. The van der Waals surface area contributed by atoms with Gasteiger partial charge in [-0.25, -0.2) is 9.97 Å². The zero-order valence-electron chi connectivity index (χ0n) is 7.50. The minimum Gasteiger partial charge on any atom is -0.244 e. The Balaban J connectivity index is 3.22. The zero-order valence-corrected chi connectivity index (χ0v) is 7.50. The van der Waals surface area contributed by atoms with E-state index in [1.54, 1.807) is 6.20 Å². The van der Waals surface area contributed by atoms with Crippen molar-refractivity contribution in [1.82, 2.24) is 9.97 Å². The minimum absolute atomic E-state index is 0.495. The first-order valence-electron chi connectivity index (χ1n) is 3.76. The third-order valence-corrected chi connectivity index (χ3v) is 1.86. The second-order valence-corrected chi connectivity index (χ2v) is 3.26. The average Bonchev–Trinajstić information content (AvgIpc) is 2.05. The lowest BCUT2D eigenvalue weighted by atomic mass is 9.86. The topological polar surface area (TPSA) is 49.6 Å². The third-order valence-electron chi connectivity index (χ3n) is 1.86. The molecule has 0 N–H and O–H groups in total. The monoisotopic (exact) mass is 161 g/mol. The normalized spacial score (nSPS) is 10.8. The molecule has 0 saturated heterocycles. The molecular weight excluding hydrogens is 150 g/mol. The Morgan fingerprint density at radius 3 is 2.67 bits per heavy atom. The molecule has 3 nitrogen and oxygen atoms in total. The summed E-state index contributed by atoms with van der Waals surface area (Å²) >= 11 is 0. The highest BCUT2D eigenvalue weighted by molar-refractivity contribution is 5.30. The smallest absolute Gasteiger partial charge is 0.115 e. The maximum atomic E-state index is 8.87. The predicted molar refractivity (Wildman–Crippen MR) is 45.4 cm³/mol. The van der Waals surface area contributed by atoms with Gasteiger partial charge < -0.3 is 0 Å². The van der Waals surface area contributed by atoms with Gasteiger partial charge in [-0.3, -0.25) is 0 Å². The third kappa shape index (κ3) is 1.42. The van der Waals surface area contributed by atoms with Gasteiger partial charge in [-0.15, -0.1) is 0 Å². The lowest BCUT2D eigenvalue weighted by molar-refractivity contribution is 0.669. The molecular formula is C9H11N3. The SMILES string of the molecule is Cc1ncncc1C(C)(C)C#N. The van der Waals surface area contributed by atoms with Crippen molar-refractivity contribution in [3.05, 3.63) is 23.8 Å². The van der Waals surface area contributed by atoms with E-state index in [0.29, 0.717) is 0 Å². The maximum absolute atomic E-state index is 8.87. The largest absolute Gasteiger partial charge is 0.244 e. The molecule has 0 atom stereocenters. The summed E-state index contributed by atoms with van der Waals surface area (Å²) in [5.74, 6) is 0. The summed E-state index contributed by atoms with van der Waals surface area (Å²) in [6, 6.07) is 2.22. The molecule has 1 rings (SSSR count). The number of rotatable bonds is 1. The zero-order chi connectivity index (χ0) is 9.19. The van der Waals surface area contributed by atoms with Crippen LogP contribution in [-0.4, -0.2) is 9.97 Å². The van der Waals surface area contributed by atoms with Gasteiger partial charge in [0.2, 0.25) is 0 Å². The minimum atomic E-state index is -0.495. The molecule has 0 radical (unpaired) electrons. The summed E-state index contributed by atoms with van der Waals surface area (Å²) in [6.45, 7) is 5.60. The second-order valence-electron chi connectivity index (χ2n) is 3.26. The van der Waals surface area contributed by atoms with Crippen molar-refractivity contribution in [1.29, 1.82) is 5.26 Å². The van der Waals surface area contributed by atoms with Crippen molar-refractivity contribution in [2.45, 2.75) is 26.2 Å².